The largest absolute Gasteiger partial charge is 0.489 e. The molecular formula is C74H88Cl3N9O7. The van der Waals surface area contributed by atoms with Crippen LogP contribution in [0.15, 0.2) is 110 Å². The zero-order valence-electron chi connectivity index (χ0n) is 56.7. The molecule has 0 unspecified atom stereocenters. The van der Waals surface area contributed by atoms with E-state index >= 15 is 0 Å². The van der Waals surface area contributed by atoms with Gasteiger partial charge in [-0.15, -0.1) is 0 Å². The van der Waals surface area contributed by atoms with E-state index < -0.39 is 0 Å². The summed E-state index contributed by atoms with van der Waals surface area (Å²) in [7, 11) is 0. The molecule has 3 aromatic heterocycles. The molecule has 19 heteroatoms. The van der Waals surface area contributed by atoms with Crippen molar-refractivity contribution in [3.8, 4) is 23.1 Å². The van der Waals surface area contributed by atoms with Crippen molar-refractivity contribution in [1.29, 1.82) is 0 Å². The summed E-state index contributed by atoms with van der Waals surface area (Å²) in [5.41, 5.74) is 2.94. The van der Waals surface area contributed by atoms with Gasteiger partial charge in [0.05, 0.1) is 52.0 Å². The van der Waals surface area contributed by atoms with Crippen molar-refractivity contribution in [1.82, 2.24) is 30.9 Å². The minimum Gasteiger partial charge on any atom is -0.489 e. The first-order chi connectivity index (χ1) is 43.4. The van der Waals surface area contributed by atoms with Gasteiger partial charge in [0.15, 0.2) is 0 Å². The summed E-state index contributed by atoms with van der Waals surface area (Å²) in [6, 6.07) is 26.0. The first-order valence-electron chi connectivity index (χ1n) is 31.4. The number of nitrogens with one attached hydrogen (secondary N) is 3. The summed E-state index contributed by atoms with van der Waals surface area (Å²) >= 11 is 18.5. The first kappa shape index (κ1) is 72.5. The van der Waals surface area contributed by atoms with Gasteiger partial charge in [0, 0.05) is 81.0 Å². The molecular weight excluding hydrogens is 1230 g/mol. The summed E-state index contributed by atoms with van der Waals surface area (Å²) in [6.45, 7) is 58.8. The first-order valence-corrected chi connectivity index (χ1v) is 32.5. The van der Waals surface area contributed by atoms with Crippen LogP contribution in [0, 0.1) is 64.0 Å². The van der Waals surface area contributed by atoms with Crippen LogP contribution in [0.2, 0.25) is 15.1 Å². The van der Waals surface area contributed by atoms with Crippen LogP contribution in [0.4, 0.5) is 17.1 Å². The normalized spacial score (nSPS) is 21.1. The van der Waals surface area contributed by atoms with Crippen LogP contribution in [0.3, 0.4) is 0 Å². The van der Waals surface area contributed by atoms with Crippen molar-refractivity contribution >= 4 is 69.6 Å². The van der Waals surface area contributed by atoms with Crippen molar-refractivity contribution < 1.29 is 33.3 Å². The third kappa shape index (κ3) is 16.2. The minimum atomic E-state index is -0.321. The van der Waals surface area contributed by atoms with Crippen LogP contribution in [0.25, 0.3) is 14.5 Å². The van der Waals surface area contributed by atoms with E-state index in [2.05, 4.69) is 156 Å². The number of ether oxygens (including phenoxy) is 4. The fourth-order valence-electron chi connectivity index (χ4n) is 14.5. The van der Waals surface area contributed by atoms with Gasteiger partial charge in [-0.1, -0.05) is 170 Å². The Morgan fingerprint density at radius 3 is 1.12 bits per heavy atom. The molecule has 9 rings (SSSR count). The Morgan fingerprint density at radius 1 is 0.462 bits per heavy atom. The molecule has 0 aliphatic heterocycles. The third-order valence-corrected chi connectivity index (χ3v) is 18.9. The number of nitrogens with zero attached hydrogens (tertiary/aromatic N) is 6. The fraction of sp³-hybridized carbons (Fsp3) is 0.473. The number of hydrogen-bond acceptors (Lipinski definition) is 10. The lowest BCUT2D eigenvalue weighted by Gasteiger charge is -2.63. The Morgan fingerprint density at radius 2 is 0.828 bits per heavy atom. The maximum atomic E-state index is 12.9. The van der Waals surface area contributed by atoms with Gasteiger partial charge in [0.2, 0.25) is 22.9 Å². The van der Waals surface area contributed by atoms with Crippen molar-refractivity contribution in [2.45, 2.75) is 180 Å². The Balaban J connectivity index is 0.000000198. The summed E-state index contributed by atoms with van der Waals surface area (Å²) in [6.07, 6.45) is 6.40. The molecule has 0 spiro atoms. The number of halogens is 3. The van der Waals surface area contributed by atoms with E-state index in [1.165, 1.54) is 6.20 Å². The summed E-state index contributed by atoms with van der Waals surface area (Å²) < 4.78 is 24.4. The smallest absolute Gasteiger partial charge is 0.270 e. The van der Waals surface area contributed by atoms with E-state index in [1.54, 1.807) is 85.2 Å². The van der Waals surface area contributed by atoms with Gasteiger partial charge in [-0.3, -0.25) is 24.4 Å². The molecule has 93 heavy (non-hydrogen) atoms. The lowest BCUT2D eigenvalue weighted by molar-refractivity contribution is -0.164. The minimum absolute atomic E-state index is 0.0214. The van der Waals surface area contributed by atoms with Crippen LogP contribution >= 0.6 is 34.8 Å². The van der Waals surface area contributed by atoms with Gasteiger partial charge in [-0.05, 0) is 105 Å². The van der Waals surface area contributed by atoms with E-state index in [1.807, 2.05) is 32.0 Å². The highest BCUT2D eigenvalue weighted by molar-refractivity contribution is 6.34. The average molecular weight is 1320 g/mol. The molecule has 3 N–H and O–H groups in total. The molecule has 0 bridgehead atoms. The number of hydrogen-bond donors (Lipinski definition) is 3. The summed E-state index contributed by atoms with van der Waals surface area (Å²) in [5.74, 6) is 2.93. The van der Waals surface area contributed by atoms with E-state index in [0.29, 0.717) is 83.9 Å². The molecule has 492 valence electrons. The standard InChI is InChI=1S/2C25H30ClN3O2.C24H28ClN3O3/c1-15(2)12-16-8-10-20(28-14-16)21(30)29-22-24(3,4)23(25(22,5)6)31-17-9-11-19(27-7)18(26)13-17;1-15(2)12-17-9-8-16(14-28-17)21(30)29-22-24(3,4)23(25(22,5)6)31-18-10-11-20(27-7)19(26)13-18;1-14(2)30-19-11-8-15(13-27-19)20(29)28-21-23(3,4)22(24(21,5)6)31-16-9-10-18(26-7)17(25)12-16/h2*8-11,13-15,22-23H,12H2,1-6H3,(H,29,30);8-14,21-22H,1-6H3,(H,28,29). The SMILES string of the molecule is [C-]#[N+]c1ccc(OC2C(C)(C)C(NC(=O)c3ccc(CC(C)C)cn3)C2(C)C)cc1Cl.[C-]#[N+]c1ccc(OC2C(C)(C)C(NC(=O)c3ccc(CC(C)C)nc3)C2(C)C)cc1Cl.[C-]#[N+]c1ccc(OC2C(C)(C)C(NC(=O)c3ccc(OC(C)C)nc3)C2(C)C)cc1Cl. The second kappa shape index (κ2) is 28.7. The number of carbonyl (C=O) groups excluding carboxylic acids is 3. The molecule has 0 atom stereocenters. The number of aromatic nitrogens is 3. The monoisotopic (exact) mass is 1320 g/mol. The molecule has 3 fully saturated rings. The zero-order chi connectivity index (χ0) is 68.9. The lowest BCUT2D eigenvalue weighted by Crippen LogP contribution is -2.74. The van der Waals surface area contributed by atoms with E-state index in [9.17, 15) is 14.4 Å². The van der Waals surface area contributed by atoms with Gasteiger partial charge in [-0.25, -0.2) is 19.5 Å². The van der Waals surface area contributed by atoms with E-state index in [0.717, 1.165) is 24.1 Å². The molecule has 0 radical (unpaired) electrons. The maximum Gasteiger partial charge on any atom is 0.270 e. The van der Waals surface area contributed by atoms with Crippen LogP contribution < -0.4 is 34.9 Å². The van der Waals surface area contributed by atoms with Crippen molar-refractivity contribution in [2.24, 2.45) is 44.3 Å². The Labute approximate surface area is 565 Å². The van der Waals surface area contributed by atoms with E-state index in [4.69, 9.17) is 73.5 Å². The number of carbonyl (C=O) groups is 3. The average Bonchev–Trinajstić information content (AvgIpc) is 0.725. The second-order valence-electron chi connectivity index (χ2n) is 29.2. The highest BCUT2D eigenvalue weighted by atomic mass is 35.5. The van der Waals surface area contributed by atoms with Gasteiger partial charge in [0.25, 0.3) is 17.7 Å². The molecule has 3 amide bonds. The Kier molecular flexibility index (Phi) is 22.4. The summed E-state index contributed by atoms with van der Waals surface area (Å²) in [4.78, 5) is 61.8. The van der Waals surface area contributed by atoms with Gasteiger partial charge >= 0.3 is 0 Å². The predicted molar refractivity (Wildman–Crippen MR) is 368 cm³/mol. The van der Waals surface area contributed by atoms with Gasteiger partial charge in [0.1, 0.15) is 41.3 Å². The highest BCUT2D eigenvalue weighted by Gasteiger charge is 2.66. The van der Waals surface area contributed by atoms with Crippen LogP contribution in [0.1, 0.15) is 167 Å². The van der Waals surface area contributed by atoms with Crippen molar-refractivity contribution in [3.05, 3.63) is 187 Å². The predicted octanol–water partition coefficient (Wildman–Crippen LogP) is 17.9. The van der Waals surface area contributed by atoms with Crippen LogP contribution in [-0.2, 0) is 12.8 Å². The molecule has 0 saturated heterocycles. The molecule has 16 nitrogen and oxygen atoms in total. The molecule has 3 aromatic carbocycles. The number of amides is 3. The third-order valence-electron chi connectivity index (χ3n) is 18.0. The van der Waals surface area contributed by atoms with E-state index in [-0.39, 0.29) is 92.8 Å². The molecule has 3 aliphatic rings. The highest BCUT2D eigenvalue weighted by Crippen LogP contribution is 2.58. The zero-order valence-corrected chi connectivity index (χ0v) is 58.9. The van der Waals surface area contributed by atoms with Crippen LogP contribution in [0.5, 0.6) is 23.1 Å². The fourth-order valence-corrected chi connectivity index (χ4v) is 15.1. The van der Waals surface area contributed by atoms with Gasteiger partial charge in [-0.2, -0.15) is 0 Å². The number of benzene rings is 3. The molecule has 3 aliphatic carbocycles. The quantitative estimate of drug-likeness (QED) is 0.0702. The Bertz CT molecular complexity index is 3370. The lowest BCUT2D eigenvalue weighted by atomic mass is 9.49. The topological polar surface area (TPSA) is 176 Å². The molecule has 6 aromatic rings. The van der Waals surface area contributed by atoms with Crippen molar-refractivity contribution in [2.75, 3.05) is 0 Å². The molecule has 3 heterocycles. The van der Waals surface area contributed by atoms with Crippen molar-refractivity contribution in [3.63, 3.8) is 0 Å². The Hall–Kier alpha value is -7.94. The van der Waals surface area contributed by atoms with Crippen LogP contribution in [-0.4, -0.2) is 75.2 Å². The number of pyridine rings is 3. The second-order valence-corrected chi connectivity index (χ2v) is 30.4. The number of rotatable bonds is 18. The van der Waals surface area contributed by atoms with Gasteiger partial charge < -0.3 is 34.9 Å². The molecule has 3 saturated carbocycles. The maximum absolute atomic E-state index is 12.9. The summed E-state index contributed by atoms with van der Waals surface area (Å²) in [5, 5.41) is 10.6.